The summed E-state index contributed by atoms with van der Waals surface area (Å²) in [5.74, 6) is 1.31. The second kappa shape index (κ2) is 8.78. The van der Waals surface area contributed by atoms with E-state index in [0.717, 1.165) is 47.9 Å². The van der Waals surface area contributed by atoms with Gasteiger partial charge < -0.3 is 10.2 Å². The first kappa shape index (κ1) is 21.3. The zero-order valence-electron chi connectivity index (χ0n) is 19.0. The lowest BCUT2D eigenvalue weighted by atomic mass is 9.63. The molecule has 2 N–H and O–H groups in total. The maximum absolute atomic E-state index is 10.7. The van der Waals surface area contributed by atoms with Gasteiger partial charge >= 0.3 is 0 Å². The SMILES string of the molecule is CC1CCC(c2ccc(O)c(-c3ccccc3)c2)(c2ccc(O)c(-c3ccccc3)c2)CC1. The van der Waals surface area contributed by atoms with Crippen LogP contribution < -0.4 is 0 Å². The highest BCUT2D eigenvalue weighted by Crippen LogP contribution is 2.49. The van der Waals surface area contributed by atoms with Gasteiger partial charge in [0.1, 0.15) is 11.5 Å². The van der Waals surface area contributed by atoms with Gasteiger partial charge in [-0.25, -0.2) is 0 Å². The van der Waals surface area contributed by atoms with E-state index >= 15 is 0 Å². The molecule has 1 fully saturated rings. The summed E-state index contributed by atoms with van der Waals surface area (Å²) in [5, 5.41) is 21.4. The molecule has 1 aliphatic rings. The maximum Gasteiger partial charge on any atom is 0.123 e. The summed E-state index contributed by atoms with van der Waals surface area (Å²) >= 11 is 0. The van der Waals surface area contributed by atoms with Gasteiger partial charge in [-0.15, -0.1) is 0 Å². The van der Waals surface area contributed by atoms with Gasteiger partial charge in [0.2, 0.25) is 0 Å². The molecule has 166 valence electrons. The van der Waals surface area contributed by atoms with E-state index in [-0.39, 0.29) is 5.41 Å². The second-order valence-corrected chi connectivity index (χ2v) is 9.46. The van der Waals surface area contributed by atoms with E-state index < -0.39 is 0 Å². The van der Waals surface area contributed by atoms with Gasteiger partial charge in [-0.05, 0) is 78.1 Å². The first-order chi connectivity index (χ1) is 16.1. The van der Waals surface area contributed by atoms with Crippen molar-refractivity contribution in [2.24, 2.45) is 5.92 Å². The average Bonchev–Trinajstić information content (AvgIpc) is 2.86. The van der Waals surface area contributed by atoms with Crippen molar-refractivity contribution in [1.82, 2.24) is 0 Å². The molecule has 0 amide bonds. The minimum Gasteiger partial charge on any atom is -0.507 e. The molecule has 0 saturated heterocycles. The largest absolute Gasteiger partial charge is 0.507 e. The van der Waals surface area contributed by atoms with Crippen LogP contribution in [-0.2, 0) is 5.41 Å². The van der Waals surface area contributed by atoms with Crippen molar-refractivity contribution in [1.29, 1.82) is 0 Å². The fourth-order valence-electron chi connectivity index (χ4n) is 5.36. The fraction of sp³-hybridized carbons (Fsp3) is 0.226. The zero-order valence-corrected chi connectivity index (χ0v) is 19.0. The lowest BCUT2D eigenvalue weighted by Gasteiger charge is -2.41. The van der Waals surface area contributed by atoms with E-state index in [1.54, 1.807) is 0 Å². The number of phenolic OH excluding ortho intramolecular Hbond substituents is 2. The predicted octanol–water partition coefficient (Wildman–Crippen LogP) is 7.93. The molecule has 5 rings (SSSR count). The number of benzene rings is 4. The summed E-state index contributed by atoms with van der Waals surface area (Å²) in [6, 6.07) is 32.4. The summed E-state index contributed by atoms with van der Waals surface area (Å²) in [7, 11) is 0. The normalized spacial score (nSPS) is 15.9. The number of hydrogen-bond acceptors (Lipinski definition) is 2. The third-order valence-electron chi connectivity index (χ3n) is 7.40. The predicted molar refractivity (Wildman–Crippen MR) is 135 cm³/mol. The lowest BCUT2D eigenvalue weighted by molar-refractivity contribution is 0.280. The monoisotopic (exact) mass is 434 g/mol. The van der Waals surface area contributed by atoms with Crippen LogP contribution in [0, 0.1) is 5.92 Å². The Hall–Kier alpha value is -3.52. The molecule has 0 bridgehead atoms. The maximum atomic E-state index is 10.7. The Morgan fingerprint density at radius 1 is 0.606 bits per heavy atom. The Kier molecular flexibility index (Phi) is 5.68. The lowest BCUT2D eigenvalue weighted by Crippen LogP contribution is -2.32. The molecule has 0 atom stereocenters. The quantitative estimate of drug-likeness (QED) is 0.342. The van der Waals surface area contributed by atoms with Crippen LogP contribution in [0.3, 0.4) is 0 Å². The molecule has 0 heterocycles. The van der Waals surface area contributed by atoms with Crippen LogP contribution in [0.25, 0.3) is 22.3 Å². The summed E-state index contributed by atoms with van der Waals surface area (Å²) in [5.41, 5.74) is 6.09. The molecule has 33 heavy (non-hydrogen) atoms. The van der Waals surface area contributed by atoms with Gasteiger partial charge in [-0.2, -0.15) is 0 Å². The molecule has 0 spiro atoms. The molecule has 2 heteroatoms. The van der Waals surface area contributed by atoms with Crippen molar-refractivity contribution < 1.29 is 10.2 Å². The highest BCUT2D eigenvalue weighted by Gasteiger charge is 2.38. The molecule has 0 unspecified atom stereocenters. The molecule has 2 nitrogen and oxygen atoms in total. The molecule has 0 aromatic heterocycles. The van der Waals surface area contributed by atoms with Gasteiger partial charge in [-0.1, -0.05) is 79.7 Å². The van der Waals surface area contributed by atoms with Gasteiger partial charge in [0, 0.05) is 16.5 Å². The minimum atomic E-state index is -0.152. The molecule has 0 aliphatic heterocycles. The summed E-state index contributed by atoms with van der Waals surface area (Å²) < 4.78 is 0. The van der Waals surface area contributed by atoms with Crippen molar-refractivity contribution in [3.05, 3.63) is 108 Å². The van der Waals surface area contributed by atoms with Crippen LogP contribution in [0.1, 0.15) is 43.7 Å². The highest BCUT2D eigenvalue weighted by atomic mass is 16.3. The van der Waals surface area contributed by atoms with Gasteiger partial charge in [-0.3, -0.25) is 0 Å². The van der Waals surface area contributed by atoms with Crippen LogP contribution in [0.4, 0.5) is 0 Å². The van der Waals surface area contributed by atoms with Crippen molar-refractivity contribution in [3.63, 3.8) is 0 Å². The Labute approximate surface area is 196 Å². The minimum absolute atomic E-state index is 0.152. The number of hydrogen-bond donors (Lipinski definition) is 2. The Balaban J connectivity index is 1.67. The Bertz CT molecular complexity index is 1150. The number of rotatable bonds is 4. The third kappa shape index (κ3) is 4.02. The van der Waals surface area contributed by atoms with Crippen LogP contribution in [0.5, 0.6) is 11.5 Å². The first-order valence-electron chi connectivity index (χ1n) is 11.8. The van der Waals surface area contributed by atoms with E-state index in [1.165, 1.54) is 11.1 Å². The van der Waals surface area contributed by atoms with Crippen molar-refractivity contribution in [2.75, 3.05) is 0 Å². The fourth-order valence-corrected chi connectivity index (χ4v) is 5.36. The van der Waals surface area contributed by atoms with Gasteiger partial charge in [0.25, 0.3) is 0 Å². The third-order valence-corrected chi connectivity index (χ3v) is 7.40. The number of aromatic hydroxyl groups is 2. The Morgan fingerprint density at radius 2 is 1.03 bits per heavy atom. The standard InChI is InChI=1S/C31H30O2/c1-22-16-18-31(19-17-22,25-12-14-29(32)27(20-25)23-8-4-2-5-9-23)26-13-15-30(33)28(21-26)24-10-6-3-7-11-24/h2-15,20-22,32-33H,16-19H2,1H3. The van der Waals surface area contributed by atoms with Crippen LogP contribution in [0.2, 0.25) is 0 Å². The van der Waals surface area contributed by atoms with Gasteiger partial charge in [0.15, 0.2) is 0 Å². The highest BCUT2D eigenvalue weighted by molar-refractivity contribution is 5.73. The summed E-state index contributed by atoms with van der Waals surface area (Å²) in [6.07, 6.45) is 4.41. The molecule has 4 aromatic rings. The molecule has 1 saturated carbocycles. The smallest absolute Gasteiger partial charge is 0.123 e. The van der Waals surface area contributed by atoms with Crippen LogP contribution >= 0.6 is 0 Å². The summed E-state index contributed by atoms with van der Waals surface area (Å²) in [4.78, 5) is 0. The average molecular weight is 435 g/mol. The molecular weight excluding hydrogens is 404 g/mol. The van der Waals surface area contributed by atoms with Crippen molar-refractivity contribution in [3.8, 4) is 33.8 Å². The van der Waals surface area contributed by atoms with Crippen LogP contribution in [0.15, 0.2) is 97.1 Å². The van der Waals surface area contributed by atoms with E-state index in [0.29, 0.717) is 17.4 Å². The molecule has 4 aromatic carbocycles. The summed E-state index contributed by atoms with van der Waals surface area (Å²) in [6.45, 7) is 2.34. The molecule has 0 radical (unpaired) electrons. The first-order valence-corrected chi connectivity index (χ1v) is 11.8. The zero-order chi connectivity index (χ0) is 22.8. The van der Waals surface area contributed by atoms with Crippen molar-refractivity contribution in [2.45, 2.75) is 38.0 Å². The van der Waals surface area contributed by atoms with E-state index in [9.17, 15) is 10.2 Å². The van der Waals surface area contributed by atoms with E-state index in [2.05, 4.69) is 31.2 Å². The van der Waals surface area contributed by atoms with Crippen LogP contribution in [-0.4, -0.2) is 10.2 Å². The van der Waals surface area contributed by atoms with Gasteiger partial charge in [0.05, 0.1) is 0 Å². The Morgan fingerprint density at radius 3 is 1.45 bits per heavy atom. The van der Waals surface area contributed by atoms with Crippen molar-refractivity contribution >= 4 is 0 Å². The molecular formula is C31H30O2. The second-order valence-electron chi connectivity index (χ2n) is 9.46. The van der Waals surface area contributed by atoms with E-state index in [1.807, 2.05) is 72.8 Å². The number of phenols is 2. The molecule has 1 aliphatic carbocycles. The van der Waals surface area contributed by atoms with E-state index in [4.69, 9.17) is 0 Å². The topological polar surface area (TPSA) is 40.5 Å².